The Balaban J connectivity index is 1.68. The Morgan fingerprint density at radius 1 is 1.23 bits per heavy atom. The van der Waals surface area contributed by atoms with E-state index in [1.54, 1.807) is 11.3 Å². The topological polar surface area (TPSA) is 56.0 Å². The Hall–Kier alpha value is -1.79. The average molecular weight is 332 g/mol. The number of nitrogens with zero attached hydrogens (tertiary/aromatic N) is 2. The van der Waals surface area contributed by atoms with E-state index in [1.165, 1.54) is 5.56 Å². The molecule has 6 heteroatoms. The molecule has 0 radical (unpaired) electrons. The van der Waals surface area contributed by atoms with Crippen LogP contribution in [0.2, 0.25) is 0 Å². The van der Waals surface area contributed by atoms with Crippen LogP contribution in [0.1, 0.15) is 22.5 Å². The molecular formula is C16H16N2O2S2. The van der Waals surface area contributed by atoms with E-state index in [9.17, 15) is 4.21 Å². The largest absolute Gasteiger partial charge is 0.334 e. The van der Waals surface area contributed by atoms with Crippen LogP contribution in [0.5, 0.6) is 0 Å². The summed E-state index contributed by atoms with van der Waals surface area (Å²) >= 11 is 1.57. The number of thiophene rings is 1. The fourth-order valence-corrected chi connectivity index (χ4v) is 3.94. The van der Waals surface area contributed by atoms with Crippen LogP contribution < -0.4 is 0 Å². The van der Waals surface area contributed by atoms with E-state index >= 15 is 0 Å². The Morgan fingerprint density at radius 2 is 2.09 bits per heavy atom. The van der Waals surface area contributed by atoms with Crippen LogP contribution in [0.15, 0.2) is 39.5 Å². The number of aromatic nitrogens is 2. The second-order valence-electron chi connectivity index (χ2n) is 5.19. The summed E-state index contributed by atoms with van der Waals surface area (Å²) in [6.45, 7) is 4.08. The first-order valence-corrected chi connectivity index (χ1v) is 9.31. The molecule has 2 heterocycles. The van der Waals surface area contributed by atoms with Crippen molar-refractivity contribution >= 4 is 22.1 Å². The van der Waals surface area contributed by atoms with Crippen molar-refractivity contribution in [2.45, 2.75) is 25.4 Å². The summed E-state index contributed by atoms with van der Waals surface area (Å²) in [4.78, 5) is 4.31. The summed E-state index contributed by atoms with van der Waals surface area (Å²) in [6.07, 6.45) is 0. The molecule has 1 unspecified atom stereocenters. The van der Waals surface area contributed by atoms with E-state index in [0.29, 0.717) is 23.2 Å². The molecule has 0 aliphatic carbocycles. The van der Waals surface area contributed by atoms with Gasteiger partial charge in [0.2, 0.25) is 0 Å². The van der Waals surface area contributed by atoms with Gasteiger partial charge in [-0.25, -0.2) is 0 Å². The lowest BCUT2D eigenvalue weighted by molar-refractivity contribution is 0.425. The molecule has 2 aromatic heterocycles. The maximum atomic E-state index is 12.3. The van der Waals surface area contributed by atoms with Gasteiger partial charge >= 0.3 is 0 Å². The molecule has 0 amide bonds. The Kier molecular flexibility index (Phi) is 4.49. The quantitative estimate of drug-likeness (QED) is 0.712. The van der Waals surface area contributed by atoms with Crippen LogP contribution in [0, 0.1) is 13.8 Å². The maximum Gasteiger partial charge on any atom is 0.258 e. The Morgan fingerprint density at radius 3 is 2.86 bits per heavy atom. The lowest BCUT2D eigenvalue weighted by Gasteiger charge is -2.06. The zero-order chi connectivity index (χ0) is 15.5. The Labute approximate surface area is 135 Å². The second-order valence-corrected chi connectivity index (χ2v) is 7.42. The molecule has 3 aromatic rings. The summed E-state index contributed by atoms with van der Waals surface area (Å²) in [7, 11) is -1.06. The molecule has 22 heavy (non-hydrogen) atoms. The van der Waals surface area contributed by atoms with Crippen molar-refractivity contribution in [1.29, 1.82) is 0 Å². The van der Waals surface area contributed by atoms with Gasteiger partial charge in [0.15, 0.2) is 5.82 Å². The normalized spacial score (nSPS) is 12.5. The number of hydrogen-bond acceptors (Lipinski definition) is 5. The van der Waals surface area contributed by atoms with Gasteiger partial charge in [0, 0.05) is 21.9 Å². The molecule has 0 aliphatic rings. The van der Waals surface area contributed by atoms with Gasteiger partial charge < -0.3 is 4.52 Å². The van der Waals surface area contributed by atoms with Gasteiger partial charge in [0.05, 0.1) is 11.3 Å². The van der Waals surface area contributed by atoms with Gasteiger partial charge in [-0.3, -0.25) is 4.21 Å². The predicted molar refractivity (Wildman–Crippen MR) is 89.1 cm³/mol. The number of aryl methyl sites for hydroxylation is 2. The molecule has 4 nitrogen and oxygen atoms in total. The van der Waals surface area contributed by atoms with E-state index < -0.39 is 10.8 Å². The molecule has 0 saturated carbocycles. The van der Waals surface area contributed by atoms with Crippen molar-refractivity contribution in [2.24, 2.45) is 0 Å². The minimum Gasteiger partial charge on any atom is -0.334 e. The van der Waals surface area contributed by atoms with E-state index in [0.717, 1.165) is 16.7 Å². The maximum absolute atomic E-state index is 12.3. The molecule has 0 bridgehead atoms. The lowest BCUT2D eigenvalue weighted by Crippen LogP contribution is -2.02. The molecule has 3 rings (SSSR count). The van der Waals surface area contributed by atoms with Gasteiger partial charge in [-0.2, -0.15) is 16.3 Å². The summed E-state index contributed by atoms with van der Waals surface area (Å²) < 4.78 is 17.5. The fourth-order valence-electron chi connectivity index (χ4n) is 2.14. The van der Waals surface area contributed by atoms with Crippen LogP contribution >= 0.6 is 11.3 Å². The van der Waals surface area contributed by atoms with Crippen molar-refractivity contribution in [1.82, 2.24) is 10.1 Å². The van der Waals surface area contributed by atoms with Crippen LogP contribution in [0.4, 0.5) is 0 Å². The molecular weight excluding hydrogens is 316 g/mol. The second kappa shape index (κ2) is 6.54. The summed E-state index contributed by atoms with van der Waals surface area (Å²) in [5.74, 6) is 1.79. The third kappa shape index (κ3) is 3.51. The van der Waals surface area contributed by atoms with Gasteiger partial charge in [0.1, 0.15) is 0 Å². The highest BCUT2D eigenvalue weighted by Gasteiger charge is 2.13. The monoisotopic (exact) mass is 332 g/mol. The van der Waals surface area contributed by atoms with E-state index in [1.807, 2.05) is 30.7 Å². The molecule has 114 valence electrons. The highest BCUT2D eigenvalue weighted by atomic mass is 32.2. The highest BCUT2D eigenvalue weighted by Crippen LogP contribution is 2.20. The molecule has 0 fully saturated rings. The van der Waals surface area contributed by atoms with E-state index in [-0.39, 0.29) is 0 Å². The molecule has 1 atom stereocenters. The van der Waals surface area contributed by atoms with Crippen molar-refractivity contribution < 1.29 is 8.73 Å². The molecule has 0 aliphatic heterocycles. The minimum absolute atomic E-state index is 0.307. The van der Waals surface area contributed by atoms with E-state index in [4.69, 9.17) is 4.52 Å². The molecule has 0 N–H and O–H groups in total. The third-order valence-corrected chi connectivity index (χ3v) is 5.24. The molecule has 0 spiro atoms. The summed E-state index contributed by atoms with van der Waals surface area (Å²) in [5, 5.41) is 7.82. The van der Waals surface area contributed by atoms with Gasteiger partial charge in [-0.05, 0) is 36.4 Å². The first-order chi connectivity index (χ1) is 10.6. The van der Waals surface area contributed by atoms with Crippen LogP contribution in [-0.4, -0.2) is 14.3 Å². The third-order valence-electron chi connectivity index (χ3n) is 3.35. The van der Waals surface area contributed by atoms with Crippen LogP contribution in [0.25, 0.3) is 11.5 Å². The predicted octanol–water partition coefficient (Wildman–Crippen LogP) is 3.86. The highest BCUT2D eigenvalue weighted by molar-refractivity contribution is 7.83. The van der Waals surface area contributed by atoms with E-state index in [2.05, 4.69) is 28.3 Å². The van der Waals surface area contributed by atoms with Crippen LogP contribution in [0.3, 0.4) is 0 Å². The van der Waals surface area contributed by atoms with Crippen molar-refractivity contribution in [3.63, 3.8) is 0 Å². The minimum atomic E-state index is -1.06. The summed E-state index contributed by atoms with van der Waals surface area (Å²) in [5.41, 5.74) is 4.35. The van der Waals surface area contributed by atoms with Crippen molar-refractivity contribution in [2.75, 3.05) is 0 Å². The first-order valence-electron chi connectivity index (χ1n) is 6.88. The molecule has 1 aromatic carbocycles. The zero-order valence-electron chi connectivity index (χ0n) is 12.4. The Bertz CT molecular complexity index is 794. The standard InChI is InChI=1S/C16H16N2O2S2/c1-11-3-4-12(2)14(7-11)9-22(19)10-15-17-16(20-18-15)13-5-6-21-8-13/h3-8H,9-10H2,1-2H3. The lowest BCUT2D eigenvalue weighted by atomic mass is 10.1. The average Bonchev–Trinajstić information content (AvgIpc) is 3.13. The SMILES string of the molecule is Cc1ccc(C)c(CS(=O)Cc2noc(-c3ccsc3)n2)c1. The number of rotatable bonds is 5. The number of hydrogen-bond donors (Lipinski definition) is 0. The van der Waals surface area contributed by atoms with Crippen molar-refractivity contribution in [3.8, 4) is 11.5 Å². The first kappa shape index (κ1) is 15.1. The van der Waals surface area contributed by atoms with Crippen molar-refractivity contribution in [3.05, 3.63) is 57.5 Å². The zero-order valence-corrected chi connectivity index (χ0v) is 14.0. The smallest absolute Gasteiger partial charge is 0.258 e. The van der Waals surface area contributed by atoms with Gasteiger partial charge in [0.25, 0.3) is 5.89 Å². The fraction of sp³-hybridized carbons (Fsp3) is 0.250. The van der Waals surface area contributed by atoms with Gasteiger partial charge in [-0.1, -0.05) is 28.9 Å². The van der Waals surface area contributed by atoms with Crippen LogP contribution in [-0.2, 0) is 22.3 Å². The number of benzene rings is 1. The van der Waals surface area contributed by atoms with Gasteiger partial charge in [-0.15, -0.1) is 0 Å². The molecule has 0 saturated heterocycles. The summed E-state index contributed by atoms with van der Waals surface area (Å²) in [6, 6.07) is 8.13.